The zero-order valence-electron chi connectivity index (χ0n) is 23.3. The van der Waals surface area contributed by atoms with Crippen molar-refractivity contribution in [2.75, 3.05) is 16.8 Å². The Balaban J connectivity index is 1.74. The first kappa shape index (κ1) is 29.0. The molecule has 9 nitrogen and oxygen atoms in total. The van der Waals surface area contributed by atoms with E-state index in [0.717, 1.165) is 25.3 Å². The maximum Gasteiger partial charge on any atom is 0.416 e. The molecule has 1 aliphatic rings. The Bertz CT molecular complexity index is 1590. The first-order valence-corrected chi connectivity index (χ1v) is 13.8. The van der Waals surface area contributed by atoms with Crippen LogP contribution < -0.4 is 10.2 Å². The van der Waals surface area contributed by atoms with Gasteiger partial charge in [-0.3, -0.25) is 4.98 Å². The predicted octanol–water partition coefficient (Wildman–Crippen LogP) is 6.34. The molecular formula is C30H32F3N7O2. The average molecular weight is 580 g/mol. The normalized spacial score (nSPS) is 15.2. The quantitative estimate of drug-likeness (QED) is 0.198. The van der Waals surface area contributed by atoms with Gasteiger partial charge < -0.3 is 19.9 Å². The molecule has 0 amide bonds. The molecule has 0 saturated heterocycles. The predicted molar refractivity (Wildman–Crippen MR) is 153 cm³/mol. The number of rotatable bonds is 11. The summed E-state index contributed by atoms with van der Waals surface area (Å²) >= 11 is 0. The van der Waals surface area contributed by atoms with E-state index in [1.165, 1.54) is 12.1 Å². The number of aromatic carboxylic acids is 1. The maximum atomic E-state index is 14.1. The number of nitrogens with zero attached hydrogens (tertiary/aromatic N) is 6. The molecule has 1 fully saturated rings. The zero-order valence-corrected chi connectivity index (χ0v) is 23.3. The van der Waals surface area contributed by atoms with Gasteiger partial charge in [-0.2, -0.15) is 18.2 Å². The number of fused-ring (bicyclic) bond motifs is 1. The van der Waals surface area contributed by atoms with Crippen molar-refractivity contribution < 1.29 is 23.1 Å². The minimum absolute atomic E-state index is 0.0217. The van der Waals surface area contributed by atoms with Gasteiger partial charge in [0.2, 0.25) is 11.8 Å². The number of carbonyl (C=O) groups is 1. The lowest BCUT2D eigenvalue weighted by Crippen LogP contribution is -2.42. The molecule has 0 aliphatic heterocycles. The Morgan fingerprint density at radius 3 is 2.52 bits per heavy atom. The molecule has 0 spiro atoms. The Morgan fingerprint density at radius 2 is 1.90 bits per heavy atom. The molecule has 2 atom stereocenters. The first-order valence-electron chi connectivity index (χ1n) is 13.8. The highest BCUT2D eigenvalue weighted by Crippen LogP contribution is 2.38. The summed E-state index contributed by atoms with van der Waals surface area (Å²) in [7, 11) is 0. The molecule has 42 heavy (non-hydrogen) atoms. The molecule has 0 bridgehead atoms. The van der Waals surface area contributed by atoms with Gasteiger partial charge in [-0.15, -0.1) is 6.58 Å². The van der Waals surface area contributed by atoms with Crippen LogP contribution in [0, 0.1) is 5.92 Å². The number of nitrogens with one attached hydrogen (secondary N) is 1. The number of aromatic nitrogens is 5. The number of anilines is 2. The van der Waals surface area contributed by atoms with Crippen molar-refractivity contribution in [2.24, 2.45) is 5.92 Å². The van der Waals surface area contributed by atoms with E-state index in [1.54, 1.807) is 29.0 Å². The number of hydrogen-bond donors (Lipinski definition) is 2. The van der Waals surface area contributed by atoms with Crippen LogP contribution in [0.1, 0.15) is 66.6 Å². The standard InChI is InChI=1S/C30H32F3N7O2/c1-4-16-39(19(3)20-11-9-12-20)27-24-25(36-26(37-27)28(41)42)38-29(35-18(2)23-14-7-8-15-34-23)40(24)17-21-10-5-6-13-22(21)30(31,32)33/h4-8,10,13-15,18-20H,1,9,11-12,16-17H2,2-3H3,(H,41,42)(H,35,36,37,38)/t18?,19-/m1/s1. The van der Waals surface area contributed by atoms with Gasteiger partial charge in [0, 0.05) is 18.8 Å². The smallest absolute Gasteiger partial charge is 0.416 e. The summed E-state index contributed by atoms with van der Waals surface area (Å²) in [5.74, 6) is -0.925. The fraction of sp³-hybridized carbons (Fsp3) is 0.367. The van der Waals surface area contributed by atoms with Gasteiger partial charge >= 0.3 is 12.1 Å². The molecule has 1 aliphatic carbocycles. The second-order valence-electron chi connectivity index (χ2n) is 10.5. The molecule has 3 aromatic heterocycles. The third-order valence-corrected chi connectivity index (χ3v) is 7.83. The van der Waals surface area contributed by atoms with E-state index in [1.807, 2.05) is 30.9 Å². The molecule has 4 aromatic rings. The molecule has 1 saturated carbocycles. The summed E-state index contributed by atoms with van der Waals surface area (Å²) < 4.78 is 43.8. The van der Waals surface area contributed by atoms with Crippen LogP contribution in [0.3, 0.4) is 0 Å². The van der Waals surface area contributed by atoms with Gasteiger partial charge in [0.25, 0.3) is 0 Å². The van der Waals surface area contributed by atoms with E-state index >= 15 is 0 Å². The molecule has 0 radical (unpaired) electrons. The van der Waals surface area contributed by atoms with Crippen molar-refractivity contribution in [3.8, 4) is 0 Å². The molecular weight excluding hydrogens is 547 g/mol. The SMILES string of the molecule is C=CCN(c1nc(C(=O)O)nc2nc(NC(C)c3ccccn3)n(Cc3ccccc3C(F)(F)F)c12)[C@H](C)C1CCC1. The van der Waals surface area contributed by atoms with Crippen LogP contribution >= 0.6 is 0 Å². The number of halogens is 3. The maximum absolute atomic E-state index is 14.1. The lowest BCUT2D eigenvalue weighted by Gasteiger charge is -2.39. The monoisotopic (exact) mass is 579 g/mol. The largest absolute Gasteiger partial charge is 0.475 e. The first-order chi connectivity index (χ1) is 20.1. The molecule has 2 N–H and O–H groups in total. The Labute approximate surface area is 241 Å². The Kier molecular flexibility index (Phi) is 8.15. The summed E-state index contributed by atoms with van der Waals surface area (Å²) in [5.41, 5.74) is 0.337. The van der Waals surface area contributed by atoms with E-state index in [-0.39, 0.29) is 41.6 Å². The third-order valence-electron chi connectivity index (χ3n) is 7.83. The minimum atomic E-state index is -4.58. The summed E-state index contributed by atoms with van der Waals surface area (Å²) in [6.45, 7) is 7.92. The van der Waals surface area contributed by atoms with Crippen LogP contribution in [-0.2, 0) is 12.7 Å². The van der Waals surface area contributed by atoms with E-state index < -0.39 is 23.5 Å². The van der Waals surface area contributed by atoms with Gasteiger partial charge in [-0.1, -0.05) is 36.8 Å². The second kappa shape index (κ2) is 11.8. The van der Waals surface area contributed by atoms with Gasteiger partial charge in [-0.25, -0.2) is 14.8 Å². The summed E-state index contributed by atoms with van der Waals surface area (Å²) in [4.78, 5) is 31.7. The van der Waals surface area contributed by atoms with Gasteiger partial charge in [-0.05, 0) is 56.4 Å². The molecule has 12 heteroatoms. The van der Waals surface area contributed by atoms with Crippen LogP contribution in [0.4, 0.5) is 24.9 Å². The number of alkyl halides is 3. The zero-order chi connectivity index (χ0) is 30.0. The van der Waals surface area contributed by atoms with Gasteiger partial charge in [0.15, 0.2) is 11.5 Å². The van der Waals surface area contributed by atoms with Crippen LogP contribution in [0.15, 0.2) is 61.3 Å². The summed E-state index contributed by atoms with van der Waals surface area (Å²) in [6.07, 6.45) is 1.90. The Morgan fingerprint density at radius 1 is 1.17 bits per heavy atom. The highest BCUT2D eigenvalue weighted by atomic mass is 19.4. The van der Waals surface area contributed by atoms with E-state index in [9.17, 15) is 23.1 Å². The molecule has 220 valence electrons. The fourth-order valence-corrected chi connectivity index (χ4v) is 5.34. The van der Waals surface area contributed by atoms with Crippen molar-refractivity contribution in [1.29, 1.82) is 0 Å². The topological polar surface area (TPSA) is 109 Å². The highest BCUT2D eigenvalue weighted by Gasteiger charge is 2.35. The lowest BCUT2D eigenvalue weighted by atomic mass is 9.79. The van der Waals surface area contributed by atoms with Crippen LogP contribution in [0.25, 0.3) is 11.2 Å². The number of imidazole rings is 1. The fourth-order valence-electron chi connectivity index (χ4n) is 5.34. The molecule has 5 rings (SSSR count). The lowest BCUT2D eigenvalue weighted by molar-refractivity contribution is -0.138. The summed E-state index contributed by atoms with van der Waals surface area (Å²) in [5, 5.41) is 13.1. The van der Waals surface area contributed by atoms with Crippen molar-refractivity contribution in [3.05, 3.63) is 84.0 Å². The van der Waals surface area contributed by atoms with E-state index in [2.05, 4.69) is 31.8 Å². The minimum Gasteiger partial charge on any atom is -0.475 e. The van der Waals surface area contributed by atoms with Gasteiger partial charge in [0.1, 0.15) is 5.52 Å². The summed E-state index contributed by atoms with van der Waals surface area (Å²) in [6, 6.07) is 10.4. The third kappa shape index (κ3) is 5.79. The number of carboxylic acids is 1. The average Bonchev–Trinajstić information content (AvgIpc) is 3.26. The van der Waals surface area contributed by atoms with Crippen LogP contribution in [0.5, 0.6) is 0 Å². The van der Waals surface area contributed by atoms with E-state index in [0.29, 0.717) is 23.7 Å². The van der Waals surface area contributed by atoms with Crippen LogP contribution in [-0.4, -0.2) is 48.2 Å². The van der Waals surface area contributed by atoms with Crippen molar-refractivity contribution in [2.45, 2.75) is 57.9 Å². The van der Waals surface area contributed by atoms with Crippen LogP contribution in [0.2, 0.25) is 0 Å². The molecule has 1 aromatic carbocycles. The van der Waals surface area contributed by atoms with Crippen molar-refractivity contribution >= 4 is 28.9 Å². The van der Waals surface area contributed by atoms with Gasteiger partial charge in [0.05, 0.1) is 23.8 Å². The molecule has 1 unspecified atom stereocenters. The number of pyridine rings is 1. The highest BCUT2D eigenvalue weighted by molar-refractivity contribution is 5.92. The van der Waals surface area contributed by atoms with Crippen molar-refractivity contribution in [3.63, 3.8) is 0 Å². The number of hydrogen-bond acceptors (Lipinski definition) is 7. The number of benzene rings is 1. The molecule has 3 heterocycles. The Hall–Kier alpha value is -4.48. The second-order valence-corrected chi connectivity index (χ2v) is 10.5. The van der Waals surface area contributed by atoms with Crippen molar-refractivity contribution in [1.82, 2.24) is 24.5 Å². The van der Waals surface area contributed by atoms with E-state index in [4.69, 9.17) is 0 Å². The number of carboxylic acid groups (broad SMARTS) is 1.